The highest BCUT2D eigenvalue weighted by Gasteiger charge is 2.17. The van der Waals surface area contributed by atoms with Gasteiger partial charge >= 0.3 is 0 Å². The fraction of sp³-hybridized carbons (Fsp3) is 0.500. The molecule has 0 saturated carbocycles. The van der Waals surface area contributed by atoms with Gasteiger partial charge in [0.05, 0.1) is 6.54 Å². The molecule has 1 atom stereocenters. The zero-order valence-electron chi connectivity index (χ0n) is 11.2. The molecule has 1 saturated heterocycles. The van der Waals surface area contributed by atoms with Gasteiger partial charge in [0.15, 0.2) is 0 Å². The molecule has 1 aromatic rings. The lowest BCUT2D eigenvalue weighted by molar-refractivity contribution is -0.122. The maximum absolute atomic E-state index is 11.9. The van der Waals surface area contributed by atoms with Crippen molar-refractivity contribution in [3.8, 4) is 0 Å². The van der Waals surface area contributed by atoms with Crippen LogP contribution in [0.15, 0.2) is 24.3 Å². The molecule has 1 fully saturated rings. The van der Waals surface area contributed by atoms with E-state index < -0.39 is 0 Å². The van der Waals surface area contributed by atoms with Gasteiger partial charge in [-0.05, 0) is 18.6 Å². The van der Waals surface area contributed by atoms with E-state index in [1.165, 1.54) is 0 Å². The van der Waals surface area contributed by atoms with E-state index >= 15 is 0 Å². The van der Waals surface area contributed by atoms with Crippen LogP contribution in [-0.2, 0) is 11.3 Å². The minimum Gasteiger partial charge on any atom is -0.351 e. The Morgan fingerprint density at radius 3 is 3.05 bits per heavy atom. The average molecular weight is 282 g/mol. The molecule has 1 amide bonds. The first-order valence-electron chi connectivity index (χ1n) is 6.61. The van der Waals surface area contributed by atoms with Crippen LogP contribution >= 0.6 is 11.6 Å². The Hall–Kier alpha value is -1.10. The highest BCUT2D eigenvalue weighted by molar-refractivity contribution is 6.31. The lowest BCUT2D eigenvalue weighted by atomic mass is 10.2. The first-order valence-corrected chi connectivity index (χ1v) is 6.99. The molecule has 5 heteroatoms. The Morgan fingerprint density at radius 2 is 2.32 bits per heavy atom. The largest absolute Gasteiger partial charge is 0.351 e. The Kier molecular flexibility index (Phi) is 5.19. The van der Waals surface area contributed by atoms with Gasteiger partial charge in [-0.25, -0.2) is 0 Å². The molecular weight excluding hydrogens is 262 g/mol. The highest BCUT2D eigenvalue weighted by atomic mass is 35.5. The Bertz CT molecular complexity index is 438. The Balaban J connectivity index is 1.77. The van der Waals surface area contributed by atoms with Crippen molar-refractivity contribution in [2.75, 3.05) is 26.2 Å². The summed E-state index contributed by atoms with van der Waals surface area (Å²) in [4.78, 5) is 14.1. The van der Waals surface area contributed by atoms with Crippen molar-refractivity contribution in [3.63, 3.8) is 0 Å². The summed E-state index contributed by atoms with van der Waals surface area (Å²) in [7, 11) is 0. The zero-order chi connectivity index (χ0) is 13.7. The monoisotopic (exact) mass is 281 g/mol. The third-order valence-corrected chi connectivity index (χ3v) is 3.62. The van der Waals surface area contributed by atoms with Crippen LogP contribution in [0.2, 0.25) is 5.02 Å². The van der Waals surface area contributed by atoms with E-state index in [0.29, 0.717) is 24.2 Å². The molecule has 1 aliphatic rings. The van der Waals surface area contributed by atoms with Crippen LogP contribution in [0, 0.1) is 0 Å². The van der Waals surface area contributed by atoms with Gasteiger partial charge in [-0.2, -0.15) is 0 Å². The second-order valence-electron chi connectivity index (χ2n) is 4.96. The predicted octanol–water partition coefficient (Wildman–Crippen LogP) is 1.25. The van der Waals surface area contributed by atoms with Crippen LogP contribution < -0.4 is 10.6 Å². The van der Waals surface area contributed by atoms with Crippen molar-refractivity contribution >= 4 is 17.5 Å². The molecule has 0 radical (unpaired) electrons. The van der Waals surface area contributed by atoms with Gasteiger partial charge in [-0.1, -0.05) is 29.8 Å². The molecule has 104 valence electrons. The summed E-state index contributed by atoms with van der Waals surface area (Å²) in [6, 6.07) is 8.02. The average Bonchev–Trinajstić information content (AvgIpc) is 2.38. The summed E-state index contributed by atoms with van der Waals surface area (Å²) in [6.07, 6.45) is 0. The van der Waals surface area contributed by atoms with Crippen molar-refractivity contribution in [3.05, 3.63) is 34.9 Å². The first kappa shape index (κ1) is 14.3. The summed E-state index contributed by atoms with van der Waals surface area (Å²) in [5, 5.41) is 6.97. The maximum atomic E-state index is 11.9. The van der Waals surface area contributed by atoms with Gasteiger partial charge in [-0.3, -0.25) is 9.69 Å². The number of amides is 1. The van der Waals surface area contributed by atoms with E-state index in [2.05, 4.69) is 22.5 Å². The molecule has 1 heterocycles. The molecule has 2 rings (SSSR count). The highest BCUT2D eigenvalue weighted by Crippen LogP contribution is 2.14. The van der Waals surface area contributed by atoms with Gasteiger partial charge in [-0.15, -0.1) is 0 Å². The van der Waals surface area contributed by atoms with Crippen LogP contribution in [0.4, 0.5) is 0 Å². The van der Waals surface area contributed by atoms with Crippen LogP contribution in [-0.4, -0.2) is 43.0 Å². The normalized spacial score (nSPS) is 20.2. The zero-order valence-corrected chi connectivity index (χ0v) is 11.9. The van der Waals surface area contributed by atoms with Crippen molar-refractivity contribution in [2.45, 2.75) is 19.5 Å². The van der Waals surface area contributed by atoms with Gasteiger partial charge in [0.1, 0.15) is 0 Å². The topological polar surface area (TPSA) is 44.4 Å². The van der Waals surface area contributed by atoms with Crippen molar-refractivity contribution in [2.24, 2.45) is 0 Å². The van der Waals surface area contributed by atoms with Crippen LogP contribution in [0.25, 0.3) is 0 Å². The number of nitrogens with zero attached hydrogens (tertiary/aromatic N) is 1. The standard InChI is InChI=1S/C14H20ClN3O/c1-11-9-18(7-6-16-11)10-14(19)17-8-12-4-2-3-5-13(12)15/h2-5,11,16H,6-10H2,1H3,(H,17,19)/t11-/m1/s1. The van der Waals surface area contributed by atoms with Gasteiger partial charge in [0.25, 0.3) is 0 Å². The maximum Gasteiger partial charge on any atom is 0.234 e. The third kappa shape index (κ3) is 4.49. The quantitative estimate of drug-likeness (QED) is 0.873. The van der Waals surface area contributed by atoms with Crippen LogP contribution in [0.5, 0.6) is 0 Å². The number of benzene rings is 1. The van der Waals surface area contributed by atoms with E-state index in [9.17, 15) is 4.79 Å². The summed E-state index contributed by atoms with van der Waals surface area (Å²) in [5.41, 5.74) is 0.950. The summed E-state index contributed by atoms with van der Waals surface area (Å²) in [6.45, 7) is 5.85. The summed E-state index contributed by atoms with van der Waals surface area (Å²) >= 11 is 6.05. The lowest BCUT2D eigenvalue weighted by Crippen LogP contribution is -2.51. The lowest BCUT2D eigenvalue weighted by Gasteiger charge is -2.31. The minimum atomic E-state index is 0.0500. The van der Waals surface area contributed by atoms with Gasteiger partial charge in [0, 0.05) is 37.2 Å². The number of nitrogens with one attached hydrogen (secondary N) is 2. The van der Waals surface area contributed by atoms with Gasteiger partial charge < -0.3 is 10.6 Å². The Morgan fingerprint density at radius 1 is 1.53 bits per heavy atom. The van der Waals surface area contributed by atoms with Crippen molar-refractivity contribution < 1.29 is 4.79 Å². The molecular formula is C14H20ClN3O. The number of carbonyl (C=O) groups is 1. The fourth-order valence-electron chi connectivity index (χ4n) is 2.25. The smallest absolute Gasteiger partial charge is 0.234 e. The molecule has 0 unspecified atom stereocenters. The molecule has 0 spiro atoms. The minimum absolute atomic E-state index is 0.0500. The molecule has 1 aromatic carbocycles. The van der Waals surface area contributed by atoms with E-state index in [0.717, 1.165) is 25.2 Å². The molecule has 1 aliphatic heterocycles. The van der Waals surface area contributed by atoms with Crippen molar-refractivity contribution in [1.82, 2.24) is 15.5 Å². The van der Waals surface area contributed by atoms with E-state index in [4.69, 9.17) is 11.6 Å². The number of hydrogen-bond acceptors (Lipinski definition) is 3. The predicted molar refractivity (Wildman–Crippen MR) is 77.2 cm³/mol. The van der Waals surface area contributed by atoms with Crippen molar-refractivity contribution in [1.29, 1.82) is 0 Å². The number of halogens is 1. The van der Waals surface area contributed by atoms with E-state index in [-0.39, 0.29) is 5.91 Å². The van der Waals surface area contributed by atoms with E-state index in [1.807, 2.05) is 24.3 Å². The Labute approximate surface area is 119 Å². The molecule has 0 aromatic heterocycles. The number of piperazine rings is 1. The SMILES string of the molecule is C[C@@H]1CN(CC(=O)NCc2ccccc2Cl)CCN1. The second-order valence-corrected chi connectivity index (χ2v) is 5.37. The molecule has 4 nitrogen and oxygen atoms in total. The molecule has 0 bridgehead atoms. The number of rotatable bonds is 4. The summed E-state index contributed by atoms with van der Waals surface area (Å²) in [5.74, 6) is 0.0500. The van der Waals surface area contributed by atoms with Crippen LogP contribution in [0.1, 0.15) is 12.5 Å². The molecule has 2 N–H and O–H groups in total. The number of hydrogen-bond donors (Lipinski definition) is 2. The van der Waals surface area contributed by atoms with Gasteiger partial charge in [0.2, 0.25) is 5.91 Å². The fourth-order valence-corrected chi connectivity index (χ4v) is 2.45. The first-order chi connectivity index (χ1) is 9.15. The molecule has 0 aliphatic carbocycles. The van der Waals surface area contributed by atoms with Crippen LogP contribution in [0.3, 0.4) is 0 Å². The third-order valence-electron chi connectivity index (χ3n) is 3.25. The molecule has 19 heavy (non-hydrogen) atoms. The summed E-state index contributed by atoms with van der Waals surface area (Å²) < 4.78 is 0. The second kappa shape index (κ2) is 6.89. The number of carbonyl (C=O) groups excluding carboxylic acids is 1. The van der Waals surface area contributed by atoms with E-state index in [1.54, 1.807) is 0 Å².